The molecule has 1 aliphatic rings. The molecule has 0 saturated carbocycles. The Morgan fingerprint density at radius 1 is 1.25 bits per heavy atom. The Bertz CT molecular complexity index is 439. The van der Waals surface area contributed by atoms with Crippen molar-refractivity contribution in [2.45, 2.75) is 6.92 Å². The maximum absolute atomic E-state index is 10.8. The van der Waals surface area contributed by atoms with Crippen LogP contribution in [0.3, 0.4) is 0 Å². The molecule has 6 heteroatoms. The lowest BCUT2D eigenvalue weighted by atomic mass is 10.2. The Labute approximate surface area is 91.9 Å². The first kappa shape index (κ1) is 10.3. The number of aliphatic carboxylic acids is 1. The van der Waals surface area contributed by atoms with E-state index in [1.54, 1.807) is 12.1 Å². The summed E-state index contributed by atoms with van der Waals surface area (Å²) in [5.41, 5.74) is 8.51. The molecule has 1 aromatic rings. The number of aryl methyl sites for hydroxylation is 1. The van der Waals surface area contributed by atoms with Crippen molar-refractivity contribution in [2.24, 2.45) is 0 Å². The number of nitrogens with one attached hydrogen (secondary N) is 3. The van der Waals surface area contributed by atoms with Gasteiger partial charge in [0.25, 0.3) is 0 Å². The molecular formula is C10H11N3O3. The molecule has 6 nitrogen and oxygen atoms in total. The molecule has 16 heavy (non-hydrogen) atoms. The van der Waals surface area contributed by atoms with Gasteiger partial charge >= 0.3 is 5.97 Å². The third kappa shape index (κ3) is 2.06. The average Bonchev–Trinajstić information content (AvgIpc) is 2.69. The lowest BCUT2D eigenvalue weighted by molar-refractivity contribution is -0.133. The smallest absolute Gasteiger partial charge is 0.359 e. The molecule has 0 spiro atoms. The Morgan fingerprint density at radius 2 is 1.94 bits per heavy atom. The van der Waals surface area contributed by atoms with Crippen LogP contribution in [-0.2, 0) is 4.79 Å². The SMILES string of the molecule is Cc1ccc(OC2=C(C(=O)O)NNN2)cc1. The van der Waals surface area contributed by atoms with E-state index >= 15 is 0 Å². The zero-order chi connectivity index (χ0) is 11.5. The third-order valence-corrected chi connectivity index (χ3v) is 2.05. The van der Waals surface area contributed by atoms with E-state index in [1.807, 2.05) is 19.1 Å². The molecule has 0 amide bonds. The Hall–Kier alpha value is -2.21. The molecule has 0 bridgehead atoms. The fourth-order valence-corrected chi connectivity index (χ4v) is 1.22. The minimum Gasteiger partial charge on any atom is -0.476 e. The van der Waals surface area contributed by atoms with Crippen LogP contribution in [-0.4, -0.2) is 11.1 Å². The largest absolute Gasteiger partial charge is 0.476 e. The molecule has 0 saturated heterocycles. The van der Waals surface area contributed by atoms with Crippen LogP contribution in [0.15, 0.2) is 35.8 Å². The van der Waals surface area contributed by atoms with Crippen molar-refractivity contribution < 1.29 is 14.6 Å². The van der Waals surface area contributed by atoms with Gasteiger partial charge in [0.1, 0.15) is 5.75 Å². The molecule has 1 aromatic carbocycles. The minimum atomic E-state index is -1.10. The topological polar surface area (TPSA) is 82.6 Å². The summed E-state index contributed by atoms with van der Waals surface area (Å²) in [5.74, 6) is -0.395. The number of ether oxygens (including phenoxy) is 1. The molecule has 0 fully saturated rings. The molecule has 0 radical (unpaired) electrons. The van der Waals surface area contributed by atoms with Gasteiger partial charge in [0.05, 0.1) is 0 Å². The molecule has 0 aromatic heterocycles. The van der Waals surface area contributed by atoms with Crippen LogP contribution < -0.4 is 21.1 Å². The van der Waals surface area contributed by atoms with Crippen LogP contribution in [0.25, 0.3) is 0 Å². The number of carbonyl (C=O) groups is 1. The Balaban J connectivity index is 2.18. The van der Waals surface area contributed by atoms with Crippen LogP contribution in [0.2, 0.25) is 0 Å². The van der Waals surface area contributed by atoms with Gasteiger partial charge in [-0.15, -0.1) is 5.53 Å². The Kier molecular flexibility index (Phi) is 2.65. The minimum absolute atomic E-state index is 0.0550. The van der Waals surface area contributed by atoms with Crippen LogP contribution >= 0.6 is 0 Å². The second-order valence-electron chi connectivity index (χ2n) is 3.30. The normalized spacial score (nSPS) is 14.3. The summed E-state index contributed by atoms with van der Waals surface area (Å²) in [6.45, 7) is 1.96. The predicted molar refractivity (Wildman–Crippen MR) is 55.9 cm³/mol. The van der Waals surface area contributed by atoms with Gasteiger partial charge in [-0.3, -0.25) is 10.9 Å². The van der Waals surface area contributed by atoms with Crippen molar-refractivity contribution in [1.29, 1.82) is 0 Å². The van der Waals surface area contributed by atoms with Gasteiger partial charge in [0.2, 0.25) is 5.88 Å². The maximum atomic E-state index is 10.8. The summed E-state index contributed by atoms with van der Waals surface area (Å²) >= 11 is 0. The van der Waals surface area contributed by atoms with Gasteiger partial charge in [-0.1, -0.05) is 17.7 Å². The lowest BCUT2D eigenvalue weighted by Gasteiger charge is -2.06. The quantitative estimate of drug-likeness (QED) is 0.585. The zero-order valence-corrected chi connectivity index (χ0v) is 8.57. The predicted octanol–water partition coefficient (Wildman–Crippen LogP) is 0.240. The van der Waals surface area contributed by atoms with Gasteiger partial charge in [-0.25, -0.2) is 4.79 Å². The van der Waals surface area contributed by atoms with Crippen LogP contribution in [0.4, 0.5) is 0 Å². The maximum Gasteiger partial charge on any atom is 0.359 e. The van der Waals surface area contributed by atoms with Gasteiger partial charge in [0.15, 0.2) is 5.70 Å². The molecule has 0 aliphatic carbocycles. The summed E-state index contributed by atoms with van der Waals surface area (Å²) in [5, 5.41) is 8.83. The first-order valence-corrected chi connectivity index (χ1v) is 4.66. The van der Waals surface area contributed by atoms with E-state index in [1.165, 1.54) is 0 Å². The van der Waals surface area contributed by atoms with E-state index in [9.17, 15) is 4.79 Å². The van der Waals surface area contributed by atoms with E-state index in [4.69, 9.17) is 9.84 Å². The molecule has 1 aliphatic heterocycles. The molecule has 0 unspecified atom stereocenters. The standard InChI is InChI=1S/C10H11N3O3/c1-6-2-4-7(5-3-6)16-9-8(10(14)15)11-13-12-9/h2-5,11-13H,1H3,(H,14,15). The molecule has 4 N–H and O–H groups in total. The van der Waals surface area contributed by atoms with Gasteiger partial charge in [-0.2, -0.15) is 0 Å². The van der Waals surface area contributed by atoms with E-state index in [-0.39, 0.29) is 11.6 Å². The summed E-state index contributed by atoms with van der Waals surface area (Å²) in [6.07, 6.45) is 0. The van der Waals surface area contributed by atoms with Crippen molar-refractivity contribution >= 4 is 5.97 Å². The van der Waals surface area contributed by atoms with Crippen molar-refractivity contribution in [3.8, 4) is 5.75 Å². The molecule has 1 heterocycles. The second kappa shape index (κ2) is 4.11. The second-order valence-corrected chi connectivity index (χ2v) is 3.30. The van der Waals surface area contributed by atoms with E-state index in [0.717, 1.165) is 5.56 Å². The average molecular weight is 221 g/mol. The number of hydrogen-bond acceptors (Lipinski definition) is 5. The molecule has 84 valence electrons. The lowest BCUT2D eigenvalue weighted by Crippen LogP contribution is -2.34. The van der Waals surface area contributed by atoms with Crippen molar-refractivity contribution in [3.63, 3.8) is 0 Å². The first-order valence-electron chi connectivity index (χ1n) is 4.66. The fourth-order valence-electron chi connectivity index (χ4n) is 1.22. The van der Waals surface area contributed by atoms with Crippen LogP contribution in [0, 0.1) is 6.92 Å². The molecular weight excluding hydrogens is 210 g/mol. The highest BCUT2D eigenvalue weighted by atomic mass is 16.5. The number of hydrazine groups is 2. The number of carboxylic acids is 1. The number of carboxylic acid groups (broad SMARTS) is 1. The highest BCUT2D eigenvalue weighted by Crippen LogP contribution is 2.15. The van der Waals surface area contributed by atoms with Crippen LogP contribution in [0.5, 0.6) is 5.75 Å². The molecule has 2 rings (SSSR count). The Morgan fingerprint density at radius 3 is 2.56 bits per heavy atom. The third-order valence-electron chi connectivity index (χ3n) is 2.05. The zero-order valence-electron chi connectivity index (χ0n) is 8.57. The summed E-state index contributed by atoms with van der Waals surface area (Å²) in [7, 11) is 0. The molecule has 0 atom stereocenters. The van der Waals surface area contributed by atoms with Crippen LogP contribution in [0.1, 0.15) is 5.56 Å². The van der Waals surface area contributed by atoms with E-state index in [2.05, 4.69) is 16.4 Å². The van der Waals surface area contributed by atoms with E-state index < -0.39 is 5.97 Å². The monoisotopic (exact) mass is 221 g/mol. The fraction of sp³-hybridized carbons (Fsp3) is 0.100. The highest BCUT2D eigenvalue weighted by Gasteiger charge is 2.21. The van der Waals surface area contributed by atoms with Gasteiger partial charge < -0.3 is 9.84 Å². The number of benzene rings is 1. The number of rotatable bonds is 3. The highest BCUT2D eigenvalue weighted by molar-refractivity contribution is 5.86. The van der Waals surface area contributed by atoms with Gasteiger partial charge in [0, 0.05) is 0 Å². The summed E-state index contributed by atoms with van der Waals surface area (Å²) in [4.78, 5) is 10.8. The van der Waals surface area contributed by atoms with E-state index in [0.29, 0.717) is 5.75 Å². The van der Waals surface area contributed by atoms with Crippen molar-refractivity contribution in [2.75, 3.05) is 0 Å². The van der Waals surface area contributed by atoms with Crippen molar-refractivity contribution in [1.82, 2.24) is 16.4 Å². The summed E-state index contributed by atoms with van der Waals surface area (Å²) in [6, 6.07) is 7.29. The summed E-state index contributed by atoms with van der Waals surface area (Å²) < 4.78 is 5.37. The number of hydrogen-bond donors (Lipinski definition) is 4. The first-order chi connectivity index (χ1) is 7.66. The van der Waals surface area contributed by atoms with Crippen molar-refractivity contribution in [3.05, 3.63) is 41.4 Å². The van der Waals surface area contributed by atoms with Gasteiger partial charge in [-0.05, 0) is 19.1 Å².